The van der Waals surface area contributed by atoms with Gasteiger partial charge >= 0.3 is 0 Å². The minimum absolute atomic E-state index is 0.235. The highest BCUT2D eigenvalue weighted by Gasteiger charge is 2.15. The number of carbonyl (C=O) groups excluding carboxylic acids is 1. The number of ether oxygens (including phenoxy) is 2. The van der Waals surface area contributed by atoms with Gasteiger partial charge in [0.05, 0.1) is 14.2 Å². The van der Waals surface area contributed by atoms with Crippen molar-refractivity contribution >= 4 is 5.91 Å². The van der Waals surface area contributed by atoms with Gasteiger partial charge in [-0.2, -0.15) is 4.98 Å². The van der Waals surface area contributed by atoms with Gasteiger partial charge in [-0.3, -0.25) is 4.79 Å². The molecular weight excluding hydrogens is 308 g/mol. The van der Waals surface area contributed by atoms with Crippen LogP contribution in [0.3, 0.4) is 0 Å². The van der Waals surface area contributed by atoms with Gasteiger partial charge in [0.15, 0.2) is 0 Å². The number of carbonyl (C=O) groups is 1. The molecule has 0 spiro atoms. The van der Waals surface area contributed by atoms with E-state index in [2.05, 4.69) is 33.7 Å². The van der Waals surface area contributed by atoms with Crippen molar-refractivity contribution in [2.75, 3.05) is 20.8 Å². The lowest BCUT2D eigenvalue weighted by atomic mass is 10.2. The van der Waals surface area contributed by atoms with Gasteiger partial charge in [-0.05, 0) is 26.8 Å². The molecule has 0 radical (unpaired) electrons. The van der Waals surface area contributed by atoms with Crippen molar-refractivity contribution in [2.45, 2.75) is 33.2 Å². The van der Waals surface area contributed by atoms with Gasteiger partial charge in [-0.15, -0.1) is 0 Å². The molecule has 0 aliphatic rings. The summed E-state index contributed by atoms with van der Waals surface area (Å²) in [5, 5.41) is 2.88. The van der Waals surface area contributed by atoms with Crippen LogP contribution >= 0.6 is 0 Å². The normalized spacial score (nSPS) is 10.8. The van der Waals surface area contributed by atoms with Crippen LogP contribution in [0.15, 0.2) is 18.3 Å². The number of rotatable bonds is 7. The molecule has 7 nitrogen and oxygen atoms in total. The van der Waals surface area contributed by atoms with E-state index in [9.17, 15) is 4.79 Å². The largest absolute Gasteiger partial charge is 0.481 e. The fourth-order valence-corrected chi connectivity index (χ4v) is 2.63. The average molecular weight is 332 g/mol. The van der Waals surface area contributed by atoms with Crippen LogP contribution < -0.4 is 14.8 Å². The lowest BCUT2D eigenvalue weighted by molar-refractivity contribution is 0.0950. The highest BCUT2D eigenvalue weighted by Crippen LogP contribution is 2.19. The molecule has 2 aromatic rings. The van der Waals surface area contributed by atoms with Gasteiger partial charge in [0, 0.05) is 37.0 Å². The molecule has 0 unspecified atom stereocenters. The third-order valence-electron chi connectivity index (χ3n) is 3.69. The third-order valence-corrected chi connectivity index (χ3v) is 3.69. The zero-order valence-electron chi connectivity index (χ0n) is 14.8. The molecule has 0 bridgehead atoms. The molecule has 7 heteroatoms. The van der Waals surface area contributed by atoms with E-state index in [4.69, 9.17) is 9.47 Å². The fraction of sp³-hybridized carbons (Fsp3) is 0.471. The zero-order chi connectivity index (χ0) is 17.7. The molecule has 2 aromatic heterocycles. The summed E-state index contributed by atoms with van der Waals surface area (Å²) in [6.07, 6.45) is 2.51. The number of aryl methyl sites for hydroxylation is 1. The van der Waals surface area contributed by atoms with Crippen LogP contribution in [-0.2, 0) is 6.42 Å². The molecule has 0 aromatic carbocycles. The van der Waals surface area contributed by atoms with Gasteiger partial charge in [0.2, 0.25) is 11.8 Å². The highest BCUT2D eigenvalue weighted by molar-refractivity contribution is 5.96. The maximum atomic E-state index is 12.3. The van der Waals surface area contributed by atoms with E-state index in [0.717, 1.165) is 11.5 Å². The summed E-state index contributed by atoms with van der Waals surface area (Å²) in [5.74, 6) is 1.37. The van der Waals surface area contributed by atoms with Crippen molar-refractivity contribution in [3.63, 3.8) is 0 Å². The number of nitrogens with one attached hydrogen (secondary N) is 1. The smallest absolute Gasteiger partial charge is 0.256 e. The summed E-state index contributed by atoms with van der Waals surface area (Å²) >= 11 is 0. The number of nitrogens with zero attached hydrogens (tertiary/aromatic N) is 3. The third kappa shape index (κ3) is 3.84. The van der Waals surface area contributed by atoms with Crippen LogP contribution in [0.2, 0.25) is 0 Å². The molecule has 0 fully saturated rings. The Balaban J connectivity index is 2.02. The van der Waals surface area contributed by atoms with Crippen molar-refractivity contribution < 1.29 is 14.3 Å². The number of methoxy groups -OCH3 is 2. The highest BCUT2D eigenvalue weighted by atomic mass is 16.5. The number of amides is 1. The second-order valence-electron chi connectivity index (χ2n) is 5.70. The second-order valence-corrected chi connectivity index (χ2v) is 5.70. The molecule has 24 heavy (non-hydrogen) atoms. The average Bonchev–Trinajstić information content (AvgIpc) is 2.94. The summed E-state index contributed by atoms with van der Waals surface area (Å²) in [6, 6.07) is 3.61. The predicted octanol–water partition coefficient (Wildman–Crippen LogP) is 2.16. The Hall–Kier alpha value is -2.57. The van der Waals surface area contributed by atoms with Crippen molar-refractivity contribution in [3.05, 3.63) is 35.4 Å². The minimum atomic E-state index is -0.235. The molecule has 1 N–H and O–H groups in total. The first-order chi connectivity index (χ1) is 11.5. The summed E-state index contributed by atoms with van der Waals surface area (Å²) in [6.45, 7) is 6.75. The molecule has 0 aliphatic carbocycles. The molecule has 1 amide bonds. The summed E-state index contributed by atoms with van der Waals surface area (Å²) in [4.78, 5) is 20.9. The Labute approximate surface area is 142 Å². The number of hydrogen-bond donors (Lipinski definition) is 1. The Morgan fingerprint density at radius 3 is 2.67 bits per heavy atom. The molecule has 0 saturated heterocycles. The van der Waals surface area contributed by atoms with Gasteiger partial charge < -0.3 is 19.4 Å². The maximum absolute atomic E-state index is 12.3. The van der Waals surface area contributed by atoms with E-state index < -0.39 is 0 Å². The number of hydrogen-bond acceptors (Lipinski definition) is 5. The first-order valence-corrected chi connectivity index (χ1v) is 7.87. The fourth-order valence-electron chi connectivity index (χ4n) is 2.63. The molecular formula is C17H24N4O3. The van der Waals surface area contributed by atoms with E-state index in [0.29, 0.717) is 30.5 Å². The lowest BCUT2D eigenvalue weighted by Crippen LogP contribution is -2.27. The van der Waals surface area contributed by atoms with E-state index in [1.54, 1.807) is 12.1 Å². The first-order valence-electron chi connectivity index (χ1n) is 7.87. The standard InChI is InChI=1S/C17H24N4O3/c1-11(2)21-12(3)10-19-14(21)8-9-18-16(22)13-6-7-15(23-4)20-17(13)24-5/h6-7,10-11H,8-9H2,1-5H3,(H,18,22). The maximum Gasteiger partial charge on any atom is 0.256 e. The van der Waals surface area contributed by atoms with Crippen LogP contribution in [0.1, 0.15) is 41.8 Å². The molecule has 0 atom stereocenters. The number of imidazole rings is 1. The van der Waals surface area contributed by atoms with Crippen molar-refractivity contribution in [2.24, 2.45) is 0 Å². The van der Waals surface area contributed by atoms with Crippen LogP contribution in [0.5, 0.6) is 11.8 Å². The van der Waals surface area contributed by atoms with Crippen LogP contribution in [0, 0.1) is 6.92 Å². The van der Waals surface area contributed by atoms with E-state index in [1.807, 2.05) is 13.1 Å². The molecule has 0 aliphatic heterocycles. The monoisotopic (exact) mass is 332 g/mol. The van der Waals surface area contributed by atoms with E-state index >= 15 is 0 Å². The van der Waals surface area contributed by atoms with E-state index in [1.165, 1.54) is 14.2 Å². The SMILES string of the molecule is COc1ccc(C(=O)NCCc2ncc(C)n2C(C)C)c(OC)n1. The number of pyridine rings is 1. The summed E-state index contributed by atoms with van der Waals surface area (Å²) in [7, 11) is 2.99. The Morgan fingerprint density at radius 1 is 1.29 bits per heavy atom. The van der Waals surface area contributed by atoms with Gasteiger partial charge in [0.25, 0.3) is 5.91 Å². The topological polar surface area (TPSA) is 78.3 Å². The van der Waals surface area contributed by atoms with Gasteiger partial charge in [-0.25, -0.2) is 4.98 Å². The van der Waals surface area contributed by atoms with Crippen molar-refractivity contribution in [1.82, 2.24) is 19.9 Å². The van der Waals surface area contributed by atoms with Gasteiger partial charge in [0.1, 0.15) is 11.4 Å². The summed E-state index contributed by atoms with van der Waals surface area (Å²) < 4.78 is 12.4. The molecule has 130 valence electrons. The molecule has 2 heterocycles. The molecule has 0 saturated carbocycles. The Bertz CT molecular complexity index is 710. The lowest BCUT2D eigenvalue weighted by Gasteiger charge is -2.14. The van der Waals surface area contributed by atoms with Gasteiger partial charge in [-0.1, -0.05) is 0 Å². The Kier molecular flexibility index (Phi) is 5.78. The number of aromatic nitrogens is 3. The van der Waals surface area contributed by atoms with E-state index in [-0.39, 0.29) is 11.8 Å². The van der Waals surface area contributed by atoms with Crippen molar-refractivity contribution in [3.8, 4) is 11.8 Å². The van der Waals surface area contributed by atoms with Crippen molar-refractivity contribution in [1.29, 1.82) is 0 Å². The summed E-state index contributed by atoms with van der Waals surface area (Å²) in [5.41, 5.74) is 1.49. The quantitative estimate of drug-likeness (QED) is 0.840. The zero-order valence-corrected chi connectivity index (χ0v) is 14.8. The minimum Gasteiger partial charge on any atom is -0.481 e. The molecule has 2 rings (SSSR count). The predicted molar refractivity (Wildman–Crippen MR) is 90.7 cm³/mol. The van der Waals surface area contributed by atoms with Crippen LogP contribution in [-0.4, -0.2) is 41.2 Å². The second kappa shape index (κ2) is 7.81. The Morgan fingerprint density at radius 2 is 2.04 bits per heavy atom. The van der Waals surface area contributed by atoms with Crippen LogP contribution in [0.4, 0.5) is 0 Å². The first kappa shape index (κ1) is 17.8. The van der Waals surface area contributed by atoms with Crippen LogP contribution in [0.25, 0.3) is 0 Å².